The first-order chi connectivity index (χ1) is 31.1. The molecule has 0 spiro atoms. The Bertz CT molecular complexity index is 2480. The van der Waals surface area contributed by atoms with Crippen molar-refractivity contribution in [2.75, 3.05) is 0 Å². The Morgan fingerprint density at radius 1 is 0.391 bits per heavy atom. The van der Waals surface area contributed by atoms with Crippen LogP contribution in [0.25, 0.3) is 44.5 Å². The molecule has 64 heavy (non-hydrogen) atoms. The first-order valence-corrected chi connectivity index (χ1v) is 24.7. The summed E-state index contributed by atoms with van der Waals surface area (Å²) in [5.41, 5.74) is 22.0. The van der Waals surface area contributed by atoms with E-state index < -0.39 is 0 Å². The molecule has 2 N–H and O–H groups in total. The Hall–Kier alpha value is -5.48. The zero-order valence-electron chi connectivity index (χ0n) is 38.8. The highest BCUT2D eigenvalue weighted by Crippen LogP contribution is 2.50. The molecule has 0 bridgehead atoms. The summed E-state index contributed by atoms with van der Waals surface area (Å²) in [5.74, 6) is 2.19. The van der Waals surface area contributed by atoms with Gasteiger partial charge in [-0.3, -0.25) is 0 Å². The minimum Gasteiger partial charge on any atom is -0.507 e. The molecule has 4 aliphatic carbocycles. The molecule has 6 aromatic rings. The Labute approximate surface area is 381 Å². The van der Waals surface area contributed by atoms with Gasteiger partial charge in [0.1, 0.15) is 35.2 Å². The molecule has 2 unspecified atom stereocenters. The van der Waals surface area contributed by atoms with E-state index in [1.165, 1.54) is 107 Å². The molecule has 10 rings (SSSR count). The number of benzene rings is 6. The highest BCUT2D eigenvalue weighted by molar-refractivity contribution is 5.90. The van der Waals surface area contributed by atoms with Gasteiger partial charge >= 0.3 is 0 Å². The fourth-order valence-corrected chi connectivity index (χ4v) is 11.9. The number of hydrogen-bond donors (Lipinski definition) is 2. The molecule has 0 saturated carbocycles. The van der Waals surface area contributed by atoms with Gasteiger partial charge < -0.3 is 19.7 Å². The summed E-state index contributed by atoms with van der Waals surface area (Å²) in [6.45, 7) is 10.7. The quantitative estimate of drug-likeness (QED) is 0.144. The van der Waals surface area contributed by atoms with E-state index in [0.717, 1.165) is 107 Å². The van der Waals surface area contributed by atoms with Crippen LogP contribution in [0.4, 0.5) is 0 Å². The first-order valence-electron chi connectivity index (χ1n) is 24.7. The Balaban J connectivity index is 0.939. The van der Waals surface area contributed by atoms with Crippen LogP contribution in [0, 0.1) is 19.8 Å². The zero-order valence-corrected chi connectivity index (χ0v) is 38.8. The number of para-hydroxylation sites is 2. The highest BCUT2D eigenvalue weighted by atomic mass is 16.5. The minimum atomic E-state index is -0.211. The average molecular weight is 851 g/mol. The predicted octanol–water partition coefficient (Wildman–Crippen LogP) is 14.8. The van der Waals surface area contributed by atoms with Gasteiger partial charge in [0.05, 0.1) is 0 Å². The van der Waals surface area contributed by atoms with Crippen LogP contribution in [0.1, 0.15) is 128 Å². The highest BCUT2D eigenvalue weighted by Gasteiger charge is 2.30. The van der Waals surface area contributed by atoms with Gasteiger partial charge in [0.2, 0.25) is 0 Å². The van der Waals surface area contributed by atoms with Crippen molar-refractivity contribution >= 4 is 0 Å². The lowest BCUT2D eigenvalue weighted by Gasteiger charge is -2.30. The van der Waals surface area contributed by atoms with E-state index >= 15 is 0 Å². The van der Waals surface area contributed by atoms with Crippen LogP contribution in [-0.2, 0) is 51.4 Å². The molecule has 0 aliphatic heterocycles. The fraction of sp³-hybridized carbons (Fsp3) is 0.400. The summed E-state index contributed by atoms with van der Waals surface area (Å²) >= 11 is 0. The molecule has 0 saturated heterocycles. The smallest absolute Gasteiger partial charge is 0.131 e. The number of hydrogen-bond acceptors (Lipinski definition) is 4. The lowest BCUT2D eigenvalue weighted by atomic mass is 9.76. The van der Waals surface area contributed by atoms with Crippen LogP contribution < -0.4 is 9.47 Å². The lowest BCUT2D eigenvalue weighted by Crippen LogP contribution is -2.33. The summed E-state index contributed by atoms with van der Waals surface area (Å²) in [7, 11) is 0. The normalized spacial score (nSPS) is 17.0. The minimum absolute atomic E-state index is 0.00539. The van der Waals surface area contributed by atoms with Gasteiger partial charge in [0.25, 0.3) is 0 Å². The fourth-order valence-electron chi connectivity index (χ4n) is 11.9. The van der Waals surface area contributed by atoms with Crippen LogP contribution in [0.2, 0.25) is 0 Å². The molecule has 330 valence electrons. The molecular weight excluding hydrogens is 785 g/mol. The van der Waals surface area contributed by atoms with Crippen molar-refractivity contribution in [2.45, 2.75) is 150 Å². The van der Waals surface area contributed by atoms with E-state index in [0.29, 0.717) is 11.5 Å². The molecule has 3 atom stereocenters. The number of fused-ring (bicyclic) bond motifs is 4. The SMILES string of the molecule is Cc1cc(-c2ccccc2OC(C)C(C)[C@H](C)Oc2ccccc2-c2cc(C)cc(-c3c4c(cc5c3CCCC5)CCCC4)c2O)c(O)c(-c2c3c(cc4c2CCCC4)CCCC3)c1. The summed E-state index contributed by atoms with van der Waals surface area (Å²) in [5, 5.41) is 24.8. The number of aryl methyl sites for hydroxylation is 6. The van der Waals surface area contributed by atoms with E-state index in [1.807, 2.05) is 36.4 Å². The topological polar surface area (TPSA) is 58.9 Å². The molecule has 0 amide bonds. The Morgan fingerprint density at radius 2 is 0.703 bits per heavy atom. The lowest BCUT2D eigenvalue weighted by molar-refractivity contribution is 0.0706. The second-order valence-electron chi connectivity index (χ2n) is 19.8. The maximum atomic E-state index is 12.4. The molecule has 4 nitrogen and oxygen atoms in total. The van der Waals surface area contributed by atoms with Gasteiger partial charge in [-0.25, -0.2) is 0 Å². The van der Waals surface area contributed by atoms with Gasteiger partial charge in [-0.15, -0.1) is 0 Å². The van der Waals surface area contributed by atoms with Gasteiger partial charge in [-0.2, -0.15) is 0 Å². The molecular formula is C60H66O4. The van der Waals surface area contributed by atoms with Crippen molar-refractivity contribution < 1.29 is 19.7 Å². The monoisotopic (exact) mass is 850 g/mol. The summed E-state index contributed by atoms with van der Waals surface area (Å²) < 4.78 is 13.8. The second-order valence-corrected chi connectivity index (χ2v) is 19.8. The molecule has 0 heterocycles. The van der Waals surface area contributed by atoms with E-state index in [4.69, 9.17) is 9.47 Å². The van der Waals surface area contributed by atoms with Gasteiger partial charge in [-0.05, 0) is 234 Å². The van der Waals surface area contributed by atoms with Gasteiger partial charge in [0.15, 0.2) is 0 Å². The van der Waals surface area contributed by atoms with E-state index in [9.17, 15) is 10.2 Å². The van der Waals surface area contributed by atoms with Crippen molar-refractivity contribution in [3.8, 4) is 67.5 Å². The van der Waals surface area contributed by atoms with Gasteiger partial charge in [-0.1, -0.05) is 55.5 Å². The van der Waals surface area contributed by atoms with Crippen molar-refractivity contribution in [3.63, 3.8) is 0 Å². The number of aromatic hydroxyl groups is 2. The van der Waals surface area contributed by atoms with Crippen LogP contribution in [0.5, 0.6) is 23.0 Å². The average Bonchev–Trinajstić information content (AvgIpc) is 3.31. The third kappa shape index (κ3) is 7.90. The molecule has 0 radical (unpaired) electrons. The summed E-state index contributed by atoms with van der Waals surface area (Å²) in [6.07, 6.45) is 18.1. The van der Waals surface area contributed by atoms with Crippen LogP contribution in [-0.4, -0.2) is 22.4 Å². The molecule has 0 fully saturated rings. The number of phenols is 2. The Kier molecular flexibility index (Phi) is 11.8. The maximum Gasteiger partial charge on any atom is 0.131 e. The molecule has 4 aliphatic rings. The maximum absolute atomic E-state index is 12.4. The van der Waals surface area contributed by atoms with Crippen molar-refractivity contribution in [1.29, 1.82) is 0 Å². The molecule has 0 aromatic heterocycles. The number of rotatable bonds is 10. The zero-order chi connectivity index (χ0) is 44.1. The van der Waals surface area contributed by atoms with E-state index in [1.54, 1.807) is 0 Å². The van der Waals surface area contributed by atoms with E-state index in [2.05, 4.69) is 83.1 Å². The number of ether oxygens (including phenoxy) is 2. The van der Waals surface area contributed by atoms with Crippen LogP contribution in [0.3, 0.4) is 0 Å². The second kappa shape index (κ2) is 17.8. The largest absolute Gasteiger partial charge is 0.507 e. The first kappa shape index (κ1) is 42.5. The van der Waals surface area contributed by atoms with Crippen molar-refractivity contribution in [3.05, 3.63) is 141 Å². The van der Waals surface area contributed by atoms with Crippen LogP contribution in [0.15, 0.2) is 84.9 Å². The van der Waals surface area contributed by atoms with Crippen molar-refractivity contribution in [1.82, 2.24) is 0 Å². The third-order valence-corrected chi connectivity index (χ3v) is 15.5. The van der Waals surface area contributed by atoms with Crippen LogP contribution >= 0.6 is 0 Å². The number of phenolic OH excluding ortho intramolecular Hbond substituents is 2. The van der Waals surface area contributed by atoms with Crippen molar-refractivity contribution in [2.24, 2.45) is 5.92 Å². The predicted molar refractivity (Wildman–Crippen MR) is 263 cm³/mol. The standard InChI is InChI=1S/C60H66O4/c1-36-30-51(59(61)53(32-36)57-45-22-10-6-18-41(45)34-42-19-7-11-23-46(42)57)49-26-14-16-28-55(49)63-39(4)38(3)40(5)64-56-29-17-15-27-50(56)52-31-37(2)33-54(60(52)62)58-47-24-12-8-20-43(47)35-44-21-9-13-25-48(44)58/h14-17,26-35,38-40,61-62H,6-13,18-25H2,1-5H3/t38?,39-,40?/m0/s1. The summed E-state index contributed by atoms with van der Waals surface area (Å²) in [4.78, 5) is 0. The molecule has 6 aromatic carbocycles. The van der Waals surface area contributed by atoms with Gasteiger partial charge in [0, 0.05) is 39.3 Å². The molecule has 4 heteroatoms. The summed E-state index contributed by atoms with van der Waals surface area (Å²) in [6, 6.07) is 30.0. The third-order valence-electron chi connectivity index (χ3n) is 15.5. The Morgan fingerprint density at radius 3 is 1.06 bits per heavy atom. The van der Waals surface area contributed by atoms with E-state index in [-0.39, 0.29) is 18.1 Å².